The first-order valence-corrected chi connectivity index (χ1v) is 5.63. The number of hydrogen-bond donors (Lipinski definition) is 1. The first-order valence-electron chi connectivity index (χ1n) is 5.22. The molecule has 0 aliphatic heterocycles. The molecular weight excluding hydrogens is 206 g/mol. The first-order chi connectivity index (χ1) is 7.22. The largest absolute Gasteiger partial charge is 0.493 e. The van der Waals surface area contributed by atoms with Gasteiger partial charge in [-0.2, -0.15) is 0 Å². The van der Waals surface area contributed by atoms with E-state index in [4.69, 9.17) is 22.7 Å². The van der Waals surface area contributed by atoms with Crippen molar-refractivity contribution in [2.75, 3.05) is 6.61 Å². The lowest BCUT2D eigenvalue weighted by Gasteiger charge is -2.06. The third kappa shape index (κ3) is 4.79. The lowest BCUT2D eigenvalue weighted by molar-refractivity contribution is 0.329. The number of aryl methyl sites for hydroxylation is 1. The summed E-state index contributed by atoms with van der Waals surface area (Å²) >= 11 is 4.76. The van der Waals surface area contributed by atoms with Crippen molar-refractivity contribution in [1.29, 1.82) is 0 Å². The van der Waals surface area contributed by atoms with E-state index < -0.39 is 0 Å². The summed E-state index contributed by atoms with van der Waals surface area (Å²) in [5.41, 5.74) is 6.72. The number of ether oxygens (including phenoxy) is 1. The molecule has 0 fully saturated rings. The summed E-state index contributed by atoms with van der Waals surface area (Å²) in [5, 5.41) is 0. The molecule has 0 radical (unpaired) electrons. The maximum atomic E-state index is 5.48. The quantitative estimate of drug-likeness (QED) is 0.753. The highest BCUT2D eigenvalue weighted by molar-refractivity contribution is 7.80. The fourth-order valence-electron chi connectivity index (χ4n) is 1.31. The Morgan fingerprint density at radius 3 is 2.53 bits per heavy atom. The number of benzene rings is 1. The lowest BCUT2D eigenvalue weighted by Crippen LogP contribution is -2.12. The van der Waals surface area contributed by atoms with Crippen molar-refractivity contribution in [2.24, 2.45) is 5.73 Å². The molecule has 3 heteroatoms. The maximum Gasteiger partial charge on any atom is 0.119 e. The average Bonchev–Trinajstić information content (AvgIpc) is 2.20. The summed E-state index contributed by atoms with van der Waals surface area (Å²) in [7, 11) is 0. The molecule has 82 valence electrons. The van der Waals surface area contributed by atoms with Crippen LogP contribution in [0.4, 0.5) is 0 Å². The molecular formula is C12H17NOS. The van der Waals surface area contributed by atoms with E-state index in [1.807, 2.05) is 12.1 Å². The third-order valence-corrected chi connectivity index (χ3v) is 2.28. The van der Waals surface area contributed by atoms with Crippen LogP contribution in [0.5, 0.6) is 5.75 Å². The van der Waals surface area contributed by atoms with E-state index >= 15 is 0 Å². The summed E-state index contributed by atoms with van der Waals surface area (Å²) in [4.78, 5) is 0.498. The van der Waals surface area contributed by atoms with Gasteiger partial charge >= 0.3 is 0 Å². The van der Waals surface area contributed by atoms with Crippen LogP contribution >= 0.6 is 12.2 Å². The minimum absolute atomic E-state index is 0.498. The monoisotopic (exact) mass is 223 g/mol. The van der Waals surface area contributed by atoms with Crippen LogP contribution in [0, 0.1) is 0 Å². The smallest absolute Gasteiger partial charge is 0.119 e. The second-order valence-corrected chi connectivity index (χ2v) is 3.98. The molecule has 0 saturated carbocycles. The Balaban J connectivity index is 2.39. The van der Waals surface area contributed by atoms with Crippen LogP contribution in [0.1, 0.15) is 25.3 Å². The molecule has 0 aliphatic rings. The molecule has 1 rings (SSSR count). The summed E-state index contributed by atoms with van der Waals surface area (Å²) < 4.78 is 5.48. The molecule has 15 heavy (non-hydrogen) atoms. The zero-order valence-electron chi connectivity index (χ0n) is 9.03. The Labute approximate surface area is 96.4 Å². The SMILES string of the molecule is CCCc1ccc(OCCC(N)=S)cc1. The van der Waals surface area contributed by atoms with Crippen LogP contribution in [0.2, 0.25) is 0 Å². The minimum Gasteiger partial charge on any atom is -0.493 e. The Morgan fingerprint density at radius 2 is 2.00 bits per heavy atom. The van der Waals surface area contributed by atoms with Crippen LogP contribution in [-0.4, -0.2) is 11.6 Å². The number of thiocarbonyl (C=S) groups is 1. The summed E-state index contributed by atoms with van der Waals surface area (Å²) in [5.74, 6) is 0.881. The van der Waals surface area contributed by atoms with Gasteiger partial charge < -0.3 is 10.5 Å². The zero-order valence-corrected chi connectivity index (χ0v) is 9.85. The summed E-state index contributed by atoms with van der Waals surface area (Å²) in [6, 6.07) is 8.17. The lowest BCUT2D eigenvalue weighted by atomic mass is 10.1. The molecule has 0 amide bonds. The number of rotatable bonds is 6. The van der Waals surface area contributed by atoms with Gasteiger partial charge in [0.05, 0.1) is 11.6 Å². The van der Waals surface area contributed by atoms with Crippen molar-refractivity contribution in [3.05, 3.63) is 29.8 Å². The predicted octanol–water partition coefficient (Wildman–Crippen LogP) is 2.69. The van der Waals surface area contributed by atoms with Crippen LogP contribution in [0.25, 0.3) is 0 Å². The second-order valence-electron chi connectivity index (χ2n) is 3.46. The van der Waals surface area contributed by atoms with Crippen molar-refractivity contribution in [3.8, 4) is 5.75 Å². The van der Waals surface area contributed by atoms with Gasteiger partial charge in [-0.05, 0) is 24.1 Å². The molecule has 1 aromatic rings. The van der Waals surface area contributed by atoms with E-state index in [1.165, 1.54) is 12.0 Å². The van der Waals surface area contributed by atoms with Crippen molar-refractivity contribution in [2.45, 2.75) is 26.2 Å². The molecule has 0 aromatic heterocycles. The maximum absolute atomic E-state index is 5.48. The Kier molecular flexibility index (Phi) is 5.12. The van der Waals surface area contributed by atoms with Crippen molar-refractivity contribution >= 4 is 17.2 Å². The van der Waals surface area contributed by atoms with E-state index in [-0.39, 0.29) is 0 Å². The standard InChI is InChI=1S/C12H17NOS/c1-2-3-10-4-6-11(7-5-10)14-9-8-12(13)15/h4-7H,2-3,8-9H2,1H3,(H2,13,15). The highest BCUT2D eigenvalue weighted by Gasteiger charge is 1.95. The average molecular weight is 223 g/mol. The Bertz CT molecular complexity index is 308. The van der Waals surface area contributed by atoms with Crippen LogP contribution in [-0.2, 0) is 6.42 Å². The molecule has 1 aromatic carbocycles. The van der Waals surface area contributed by atoms with E-state index in [0.29, 0.717) is 18.0 Å². The Morgan fingerprint density at radius 1 is 1.33 bits per heavy atom. The fourth-order valence-corrected chi connectivity index (χ4v) is 1.39. The normalized spacial score (nSPS) is 9.93. The van der Waals surface area contributed by atoms with Crippen molar-refractivity contribution in [1.82, 2.24) is 0 Å². The van der Waals surface area contributed by atoms with Gasteiger partial charge in [-0.15, -0.1) is 0 Å². The zero-order chi connectivity index (χ0) is 11.1. The summed E-state index contributed by atoms with van der Waals surface area (Å²) in [6.45, 7) is 2.73. The molecule has 0 spiro atoms. The molecule has 2 N–H and O–H groups in total. The van der Waals surface area contributed by atoms with Gasteiger partial charge in [-0.1, -0.05) is 37.7 Å². The first kappa shape index (κ1) is 12.0. The van der Waals surface area contributed by atoms with Gasteiger partial charge in [0, 0.05) is 6.42 Å². The number of hydrogen-bond acceptors (Lipinski definition) is 2. The minimum atomic E-state index is 0.498. The number of nitrogens with two attached hydrogens (primary N) is 1. The molecule has 0 unspecified atom stereocenters. The third-order valence-electron chi connectivity index (χ3n) is 2.08. The predicted molar refractivity (Wildman–Crippen MR) is 67.3 cm³/mol. The van der Waals surface area contributed by atoms with Crippen LogP contribution in [0.15, 0.2) is 24.3 Å². The molecule has 0 bridgehead atoms. The van der Waals surface area contributed by atoms with Crippen molar-refractivity contribution in [3.63, 3.8) is 0 Å². The van der Waals surface area contributed by atoms with E-state index in [0.717, 1.165) is 12.2 Å². The fraction of sp³-hybridized carbons (Fsp3) is 0.417. The van der Waals surface area contributed by atoms with E-state index in [2.05, 4.69) is 19.1 Å². The van der Waals surface area contributed by atoms with Gasteiger partial charge in [0.15, 0.2) is 0 Å². The molecule has 0 heterocycles. The molecule has 0 atom stereocenters. The molecule has 0 saturated heterocycles. The van der Waals surface area contributed by atoms with Gasteiger partial charge in [0.25, 0.3) is 0 Å². The summed E-state index contributed by atoms with van der Waals surface area (Å²) in [6.07, 6.45) is 2.92. The molecule has 0 aliphatic carbocycles. The van der Waals surface area contributed by atoms with Gasteiger partial charge in [-0.3, -0.25) is 0 Å². The topological polar surface area (TPSA) is 35.2 Å². The highest BCUT2D eigenvalue weighted by atomic mass is 32.1. The Hall–Kier alpha value is -1.09. The molecule has 2 nitrogen and oxygen atoms in total. The van der Waals surface area contributed by atoms with Gasteiger partial charge in [-0.25, -0.2) is 0 Å². The van der Waals surface area contributed by atoms with Crippen LogP contribution < -0.4 is 10.5 Å². The van der Waals surface area contributed by atoms with Gasteiger partial charge in [0.1, 0.15) is 5.75 Å². The van der Waals surface area contributed by atoms with Crippen LogP contribution in [0.3, 0.4) is 0 Å². The van der Waals surface area contributed by atoms with Crippen molar-refractivity contribution < 1.29 is 4.74 Å². The van der Waals surface area contributed by atoms with E-state index in [1.54, 1.807) is 0 Å². The second kappa shape index (κ2) is 6.40. The van der Waals surface area contributed by atoms with E-state index in [9.17, 15) is 0 Å². The van der Waals surface area contributed by atoms with Gasteiger partial charge in [0.2, 0.25) is 0 Å². The highest BCUT2D eigenvalue weighted by Crippen LogP contribution is 2.13.